The maximum absolute atomic E-state index is 13.7. The number of primary amides is 1. The summed E-state index contributed by atoms with van der Waals surface area (Å²) in [5, 5.41) is 0. The van der Waals surface area contributed by atoms with E-state index in [9.17, 15) is 18.4 Å². The molecule has 0 bridgehead atoms. The smallest absolute Gasteiger partial charge is 0.309 e. The molecule has 0 heterocycles. The third-order valence-corrected chi connectivity index (χ3v) is 4.13. The van der Waals surface area contributed by atoms with Gasteiger partial charge in [-0.05, 0) is 24.1 Å². The van der Waals surface area contributed by atoms with Gasteiger partial charge in [0.1, 0.15) is 6.61 Å². The standard InChI is InChI=1S/C18H15F2NO3/c19-15-7-3-6-12(16(15)20)13-8-14(13)18(23)24-9-10-4-1-2-5-11(10)17(21)22/h1-7,13-14H,8-9H2,(H2,21,22)/t13-,14+/m1/s1. The summed E-state index contributed by atoms with van der Waals surface area (Å²) >= 11 is 0. The fourth-order valence-electron chi connectivity index (χ4n) is 2.75. The highest BCUT2D eigenvalue weighted by Gasteiger charge is 2.46. The highest BCUT2D eigenvalue weighted by atomic mass is 19.2. The highest BCUT2D eigenvalue weighted by Crippen LogP contribution is 2.49. The summed E-state index contributed by atoms with van der Waals surface area (Å²) in [7, 11) is 0. The van der Waals surface area contributed by atoms with Gasteiger partial charge < -0.3 is 10.5 Å². The maximum atomic E-state index is 13.7. The Morgan fingerprint density at radius 2 is 1.88 bits per heavy atom. The molecular formula is C18H15F2NO3. The van der Waals surface area contributed by atoms with Gasteiger partial charge in [-0.2, -0.15) is 0 Å². The molecule has 1 fully saturated rings. The number of hydrogen-bond donors (Lipinski definition) is 1. The van der Waals surface area contributed by atoms with Crippen molar-refractivity contribution < 1.29 is 23.1 Å². The van der Waals surface area contributed by atoms with Gasteiger partial charge in [-0.15, -0.1) is 0 Å². The van der Waals surface area contributed by atoms with E-state index in [1.807, 2.05) is 0 Å². The number of carbonyl (C=O) groups excluding carboxylic acids is 2. The van der Waals surface area contributed by atoms with Gasteiger partial charge >= 0.3 is 5.97 Å². The minimum atomic E-state index is -0.929. The maximum Gasteiger partial charge on any atom is 0.309 e. The number of halogens is 2. The number of hydrogen-bond acceptors (Lipinski definition) is 3. The van der Waals surface area contributed by atoms with Gasteiger partial charge in [0, 0.05) is 17.0 Å². The Hall–Kier alpha value is -2.76. The molecule has 2 aromatic rings. The molecule has 2 N–H and O–H groups in total. The Morgan fingerprint density at radius 1 is 1.12 bits per heavy atom. The summed E-state index contributed by atoms with van der Waals surface area (Å²) in [6.45, 7) is -0.0905. The molecule has 0 radical (unpaired) electrons. The number of nitrogens with two attached hydrogens (primary N) is 1. The Kier molecular flexibility index (Phi) is 4.29. The largest absolute Gasteiger partial charge is 0.461 e. The van der Waals surface area contributed by atoms with Crippen molar-refractivity contribution in [3.05, 3.63) is 70.8 Å². The number of benzene rings is 2. The molecule has 0 saturated heterocycles. The zero-order valence-corrected chi connectivity index (χ0v) is 12.7. The van der Waals surface area contributed by atoms with Crippen molar-refractivity contribution >= 4 is 11.9 Å². The van der Waals surface area contributed by atoms with Crippen molar-refractivity contribution in [2.24, 2.45) is 11.7 Å². The summed E-state index contributed by atoms with van der Waals surface area (Å²) in [6, 6.07) is 10.5. The quantitative estimate of drug-likeness (QED) is 0.857. The Labute approximate surface area is 137 Å². The predicted octanol–water partition coefficient (Wildman–Crippen LogP) is 2.91. The summed E-state index contributed by atoms with van der Waals surface area (Å²) in [5.74, 6) is -3.82. The van der Waals surface area contributed by atoms with Gasteiger partial charge in [0.25, 0.3) is 0 Å². The van der Waals surface area contributed by atoms with Crippen molar-refractivity contribution in [2.75, 3.05) is 0 Å². The van der Waals surface area contributed by atoms with E-state index in [1.165, 1.54) is 12.1 Å². The van der Waals surface area contributed by atoms with E-state index in [0.717, 1.165) is 6.07 Å². The molecule has 6 heteroatoms. The normalized spacial score (nSPS) is 18.9. The molecule has 1 amide bonds. The van der Waals surface area contributed by atoms with Gasteiger partial charge in [0.15, 0.2) is 11.6 Å². The average molecular weight is 331 g/mol. The number of esters is 1. The fraction of sp³-hybridized carbons (Fsp3) is 0.222. The van der Waals surface area contributed by atoms with Crippen LogP contribution in [0.2, 0.25) is 0 Å². The first-order chi connectivity index (χ1) is 11.5. The summed E-state index contributed by atoms with van der Waals surface area (Å²) in [4.78, 5) is 23.4. The zero-order chi connectivity index (χ0) is 17.3. The monoisotopic (exact) mass is 331 g/mol. The van der Waals surface area contributed by atoms with Gasteiger partial charge in [0.05, 0.1) is 5.92 Å². The number of carbonyl (C=O) groups is 2. The highest BCUT2D eigenvalue weighted by molar-refractivity contribution is 5.94. The van der Waals surface area contributed by atoms with Crippen LogP contribution >= 0.6 is 0 Å². The van der Waals surface area contributed by atoms with E-state index in [2.05, 4.69) is 0 Å². The van der Waals surface area contributed by atoms with E-state index in [-0.39, 0.29) is 23.7 Å². The fourth-order valence-corrected chi connectivity index (χ4v) is 2.75. The van der Waals surface area contributed by atoms with Crippen molar-refractivity contribution in [3.63, 3.8) is 0 Å². The van der Waals surface area contributed by atoms with Crippen LogP contribution in [0.25, 0.3) is 0 Å². The molecule has 3 rings (SSSR count). The Bertz CT molecular complexity index is 807. The molecule has 0 aliphatic heterocycles. The van der Waals surface area contributed by atoms with Crippen LogP contribution in [0.3, 0.4) is 0 Å². The third kappa shape index (κ3) is 3.13. The topological polar surface area (TPSA) is 69.4 Å². The van der Waals surface area contributed by atoms with Gasteiger partial charge in [-0.1, -0.05) is 30.3 Å². The first-order valence-electron chi connectivity index (χ1n) is 7.47. The van der Waals surface area contributed by atoms with Crippen LogP contribution in [0.4, 0.5) is 8.78 Å². The van der Waals surface area contributed by atoms with Crippen LogP contribution in [-0.4, -0.2) is 11.9 Å². The van der Waals surface area contributed by atoms with E-state index >= 15 is 0 Å². The lowest BCUT2D eigenvalue weighted by Crippen LogP contribution is -2.15. The van der Waals surface area contributed by atoms with Gasteiger partial charge in [-0.25, -0.2) is 8.78 Å². The van der Waals surface area contributed by atoms with Crippen LogP contribution in [0.1, 0.15) is 33.8 Å². The van der Waals surface area contributed by atoms with Crippen LogP contribution in [0.15, 0.2) is 42.5 Å². The van der Waals surface area contributed by atoms with Crippen molar-refractivity contribution in [1.29, 1.82) is 0 Å². The SMILES string of the molecule is NC(=O)c1ccccc1COC(=O)[C@H]1C[C@@H]1c1cccc(F)c1F. The van der Waals surface area contributed by atoms with E-state index in [4.69, 9.17) is 10.5 Å². The first kappa shape index (κ1) is 16.1. The van der Waals surface area contributed by atoms with E-state index in [0.29, 0.717) is 12.0 Å². The van der Waals surface area contributed by atoms with E-state index in [1.54, 1.807) is 24.3 Å². The van der Waals surface area contributed by atoms with Crippen LogP contribution in [0.5, 0.6) is 0 Å². The number of ether oxygens (including phenoxy) is 1. The summed E-state index contributed by atoms with van der Waals surface area (Å²) < 4.78 is 32.2. The van der Waals surface area contributed by atoms with Crippen LogP contribution in [0, 0.1) is 17.6 Å². The minimum Gasteiger partial charge on any atom is -0.461 e. The second kappa shape index (κ2) is 6.39. The predicted molar refractivity (Wildman–Crippen MR) is 82.0 cm³/mol. The zero-order valence-electron chi connectivity index (χ0n) is 12.7. The lowest BCUT2D eigenvalue weighted by molar-refractivity contribution is -0.146. The molecule has 1 aliphatic carbocycles. The van der Waals surface area contributed by atoms with Crippen molar-refractivity contribution in [1.82, 2.24) is 0 Å². The van der Waals surface area contributed by atoms with Crippen molar-refractivity contribution in [2.45, 2.75) is 18.9 Å². The molecule has 0 spiro atoms. The summed E-state index contributed by atoms with van der Waals surface area (Å²) in [6.07, 6.45) is 0.413. The molecule has 24 heavy (non-hydrogen) atoms. The van der Waals surface area contributed by atoms with Crippen LogP contribution < -0.4 is 5.73 Å². The Morgan fingerprint density at radius 3 is 2.62 bits per heavy atom. The summed E-state index contributed by atoms with van der Waals surface area (Å²) in [5.41, 5.74) is 6.25. The second-order valence-electron chi connectivity index (χ2n) is 5.72. The first-order valence-corrected chi connectivity index (χ1v) is 7.47. The molecule has 2 atom stereocenters. The molecule has 0 aromatic heterocycles. The van der Waals surface area contributed by atoms with E-state index < -0.39 is 29.4 Å². The van der Waals surface area contributed by atoms with Gasteiger partial charge in [0.2, 0.25) is 5.91 Å². The molecular weight excluding hydrogens is 316 g/mol. The van der Waals surface area contributed by atoms with Gasteiger partial charge in [-0.3, -0.25) is 9.59 Å². The Balaban J connectivity index is 1.64. The molecule has 4 nitrogen and oxygen atoms in total. The molecule has 1 saturated carbocycles. The molecule has 0 unspecified atom stereocenters. The average Bonchev–Trinajstić information content (AvgIpc) is 3.36. The molecule has 1 aliphatic rings. The lowest BCUT2D eigenvalue weighted by Gasteiger charge is -2.08. The van der Waals surface area contributed by atoms with Crippen LogP contribution in [-0.2, 0) is 16.1 Å². The minimum absolute atomic E-state index is 0.0905. The third-order valence-electron chi connectivity index (χ3n) is 4.13. The lowest BCUT2D eigenvalue weighted by atomic mass is 10.1. The molecule has 2 aromatic carbocycles. The number of rotatable bonds is 5. The second-order valence-corrected chi connectivity index (χ2v) is 5.72. The number of amides is 1. The molecule has 124 valence electrons. The van der Waals surface area contributed by atoms with Crippen molar-refractivity contribution in [3.8, 4) is 0 Å².